The van der Waals surface area contributed by atoms with Gasteiger partial charge in [-0.25, -0.2) is 0 Å². The number of aryl methyl sites for hydroxylation is 1. The molecule has 0 spiro atoms. The van der Waals surface area contributed by atoms with Crippen molar-refractivity contribution >= 4 is 22.5 Å². The summed E-state index contributed by atoms with van der Waals surface area (Å²) in [5.74, 6) is 0.802. The zero-order valence-corrected chi connectivity index (χ0v) is 11.0. The van der Waals surface area contributed by atoms with Gasteiger partial charge < -0.3 is 14.4 Å². The van der Waals surface area contributed by atoms with Gasteiger partial charge in [0.15, 0.2) is 0 Å². The molecule has 1 N–H and O–H groups in total. The molecule has 0 atom stereocenters. The van der Waals surface area contributed by atoms with E-state index in [1.54, 1.807) is 7.11 Å². The Morgan fingerprint density at radius 3 is 2.71 bits per heavy atom. The lowest BCUT2D eigenvalue weighted by atomic mass is 10.1. The second-order valence-electron chi connectivity index (χ2n) is 4.07. The highest BCUT2D eigenvalue weighted by molar-refractivity contribution is 6.35. The van der Waals surface area contributed by atoms with Crippen LogP contribution >= 0.6 is 11.6 Å². The predicted molar refractivity (Wildman–Crippen MR) is 70.0 cm³/mol. The number of aliphatic hydroxyl groups is 1. The maximum Gasteiger partial charge on any atom is 0.128 e. The fourth-order valence-electron chi connectivity index (χ4n) is 2.31. The van der Waals surface area contributed by atoms with Crippen molar-refractivity contribution in [1.29, 1.82) is 0 Å². The zero-order valence-electron chi connectivity index (χ0n) is 10.2. The van der Waals surface area contributed by atoms with E-state index in [9.17, 15) is 0 Å². The summed E-state index contributed by atoms with van der Waals surface area (Å²) in [4.78, 5) is 0. The van der Waals surface area contributed by atoms with E-state index in [-0.39, 0.29) is 6.61 Å². The van der Waals surface area contributed by atoms with Gasteiger partial charge in [0.25, 0.3) is 0 Å². The molecule has 2 aromatic rings. The Morgan fingerprint density at radius 2 is 2.12 bits per heavy atom. The van der Waals surface area contributed by atoms with E-state index in [2.05, 4.69) is 0 Å². The van der Waals surface area contributed by atoms with Gasteiger partial charge in [-0.1, -0.05) is 11.6 Å². The van der Waals surface area contributed by atoms with E-state index >= 15 is 0 Å². The molecule has 0 aliphatic carbocycles. The van der Waals surface area contributed by atoms with Crippen molar-refractivity contribution < 1.29 is 9.84 Å². The molecule has 1 aromatic heterocycles. The molecule has 0 radical (unpaired) electrons. The van der Waals surface area contributed by atoms with Gasteiger partial charge in [-0.3, -0.25) is 0 Å². The molecule has 0 bridgehead atoms. The molecule has 0 saturated carbocycles. The molecule has 17 heavy (non-hydrogen) atoms. The van der Waals surface area contributed by atoms with Crippen LogP contribution in [0.1, 0.15) is 11.3 Å². The van der Waals surface area contributed by atoms with Crippen molar-refractivity contribution in [3.8, 4) is 5.75 Å². The molecule has 4 heteroatoms. The van der Waals surface area contributed by atoms with Crippen LogP contribution in [-0.2, 0) is 13.5 Å². The zero-order chi connectivity index (χ0) is 12.6. The number of hydrogen-bond acceptors (Lipinski definition) is 2. The highest BCUT2D eigenvalue weighted by Crippen LogP contribution is 2.37. The lowest BCUT2D eigenvalue weighted by Gasteiger charge is -2.06. The van der Waals surface area contributed by atoms with Crippen molar-refractivity contribution in [3.63, 3.8) is 0 Å². The molecule has 0 saturated heterocycles. The molecular weight excluding hydrogens is 238 g/mol. The third-order valence-corrected chi connectivity index (χ3v) is 3.55. The Bertz CT molecular complexity index is 560. The highest BCUT2D eigenvalue weighted by atomic mass is 35.5. The number of methoxy groups -OCH3 is 1. The first-order valence-electron chi connectivity index (χ1n) is 5.53. The van der Waals surface area contributed by atoms with E-state index in [4.69, 9.17) is 21.4 Å². The minimum atomic E-state index is 0.121. The van der Waals surface area contributed by atoms with Crippen LogP contribution in [0.4, 0.5) is 0 Å². The number of rotatable bonds is 3. The number of aliphatic hydroxyl groups excluding tert-OH is 1. The van der Waals surface area contributed by atoms with Crippen LogP contribution in [0, 0.1) is 6.92 Å². The van der Waals surface area contributed by atoms with Crippen LogP contribution in [0.25, 0.3) is 10.9 Å². The number of ether oxygens (including phenoxy) is 1. The molecule has 1 aromatic carbocycles. The van der Waals surface area contributed by atoms with Gasteiger partial charge in [-0.2, -0.15) is 0 Å². The summed E-state index contributed by atoms with van der Waals surface area (Å²) >= 11 is 6.24. The van der Waals surface area contributed by atoms with Gasteiger partial charge in [0.2, 0.25) is 0 Å². The molecule has 0 fully saturated rings. The number of benzene rings is 1. The second-order valence-corrected chi connectivity index (χ2v) is 4.48. The average molecular weight is 254 g/mol. The minimum Gasteiger partial charge on any atom is -0.496 e. The summed E-state index contributed by atoms with van der Waals surface area (Å²) in [7, 11) is 3.62. The number of aromatic nitrogens is 1. The summed E-state index contributed by atoms with van der Waals surface area (Å²) in [6.07, 6.45) is 0.611. The molecule has 0 aliphatic rings. The molecule has 0 amide bonds. The van der Waals surface area contributed by atoms with Crippen LogP contribution in [0.5, 0.6) is 5.75 Å². The van der Waals surface area contributed by atoms with E-state index < -0.39 is 0 Å². The second kappa shape index (κ2) is 4.59. The average Bonchev–Trinajstić information content (AvgIpc) is 2.57. The maximum absolute atomic E-state index is 9.16. The summed E-state index contributed by atoms with van der Waals surface area (Å²) in [6, 6.07) is 3.70. The van der Waals surface area contributed by atoms with Crippen molar-refractivity contribution in [1.82, 2.24) is 4.57 Å². The molecular formula is C13H16ClNO2. The van der Waals surface area contributed by atoms with Crippen molar-refractivity contribution in [2.24, 2.45) is 7.05 Å². The van der Waals surface area contributed by atoms with Gasteiger partial charge in [0.05, 0.1) is 17.6 Å². The van der Waals surface area contributed by atoms with E-state index in [1.807, 2.05) is 30.7 Å². The number of fused-ring (bicyclic) bond motifs is 1. The largest absolute Gasteiger partial charge is 0.496 e. The van der Waals surface area contributed by atoms with Crippen molar-refractivity contribution in [2.45, 2.75) is 13.3 Å². The Kier molecular flexibility index (Phi) is 3.31. The fraction of sp³-hybridized carbons (Fsp3) is 0.385. The predicted octanol–water partition coefficient (Wildman–Crippen LogP) is 2.68. The highest BCUT2D eigenvalue weighted by Gasteiger charge is 2.17. The monoisotopic (exact) mass is 253 g/mol. The minimum absolute atomic E-state index is 0.121. The van der Waals surface area contributed by atoms with E-state index in [1.165, 1.54) is 0 Å². The molecule has 92 valence electrons. The van der Waals surface area contributed by atoms with Crippen LogP contribution in [0.3, 0.4) is 0 Å². The fourth-order valence-corrected chi connectivity index (χ4v) is 2.59. The van der Waals surface area contributed by atoms with Crippen molar-refractivity contribution in [2.75, 3.05) is 13.7 Å². The van der Waals surface area contributed by atoms with Crippen LogP contribution in [0.15, 0.2) is 12.1 Å². The van der Waals surface area contributed by atoms with Gasteiger partial charge in [-0.15, -0.1) is 0 Å². The van der Waals surface area contributed by atoms with Crippen LogP contribution in [0.2, 0.25) is 5.02 Å². The summed E-state index contributed by atoms with van der Waals surface area (Å²) in [6.45, 7) is 2.15. The summed E-state index contributed by atoms with van der Waals surface area (Å²) < 4.78 is 7.43. The Hall–Kier alpha value is -1.19. The molecule has 3 nitrogen and oxygen atoms in total. The first-order valence-corrected chi connectivity index (χ1v) is 5.90. The lowest BCUT2D eigenvalue weighted by molar-refractivity contribution is 0.299. The van der Waals surface area contributed by atoms with Gasteiger partial charge >= 0.3 is 0 Å². The number of hydrogen-bond donors (Lipinski definition) is 1. The Balaban J connectivity index is 2.88. The number of halogens is 1. The van der Waals surface area contributed by atoms with Gasteiger partial charge in [0.1, 0.15) is 5.75 Å². The summed E-state index contributed by atoms with van der Waals surface area (Å²) in [5, 5.41) is 10.9. The molecule has 0 unspecified atom stereocenters. The molecule has 2 rings (SSSR count). The van der Waals surface area contributed by atoms with Crippen molar-refractivity contribution in [3.05, 3.63) is 28.4 Å². The first kappa shape index (κ1) is 12.3. The quantitative estimate of drug-likeness (QED) is 0.913. The lowest BCUT2D eigenvalue weighted by Crippen LogP contribution is -1.95. The topological polar surface area (TPSA) is 34.4 Å². The molecule has 0 aliphatic heterocycles. The van der Waals surface area contributed by atoms with Crippen LogP contribution in [-0.4, -0.2) is 23.4 Å². The summed E-state index contributed by atoms with van der Waals surface area (Å²) in [5.41, 5.74) is 3.18. The number of nitrogens with zero attached hydrogens (tertiary/aromatic N) is 1. The normalized spacial score (nSPS) is 11.1. The third-order valence-electron chi connectivity index (χ3n) is 3.25. The maximum atomic E-state index is 9.16. The Morgan fingerprint density at radius 1 is 1.41 bits per heavy atom. The SMILES string of the molecule is COc1ccc(Cl)c2c1c(CCO)c(C)n2C. The van der Waals surface area contributed by atoms with Gasteiger partial charge in [-0.05, 0) is 31.0 Å². The smallest absolute Gasteiger partial charge is 0.128 e. The van der Waals surface area contributed by atoms with Crippen LogP contribution < -0.4 is 4.74 Å². The van der Waals surface area contributed by atoms with E-state index in [0.29, 0.717) is 11.4 Å². The third kappa shape index (κ3) is 1.79. The van der Waals surface area contributed by atoms with E-state index in [0.717, 1.165) is 27.9 Å². The van der Waals surface area contributed by atoms with Gasteiger partial charge in [0, 0.05) is 24.7 Å². The standard InChI is InChI=1S/C13H16ClNO2/c1-8-9(6-7-16)12-11(17-3)5-4-10(14)13(12)15(8)2/h4-5,16H,6-7H2,1-3H3. The first-order chi connectivity index (χ1) is 8.11. The molecule has 1 heterocycles. The Labute approximate surface area is 106 Å².